The number of aromatic nitrogens is 2. The molecule has 2 heterocycles. The fourth-order valence-corrected chi connectivity index (χ4v) is 4.83. The third-order valence-electron chi connectivity index (χ3n) is 6.08. The van der Waals surface area contributed by atoms with Crippen LogP contribution in [0, 0.1) is 34.6 Å². The number of aryl methyl sites for hydroxylation is 2. The van der Waals surface area contributed by atoms with Gasteiger partial charge in [-0.25, -0.2) is 9.78 Å². The summed E-state index contributed by atoms with van der Waals surface area (Å²) in [5.41, 5.74) is 19.0. The number of nitrogens with two attached hydrogens (primary N) is 2. The Morgan fingerprint density at radius 2 is 1.69 bits per heavy atom. The minimum absolute atomic E-state index is 0.357. The van der Waals surface area contributed by atoms with Crippen LogP contribution < -0.4 is 11.5 Å². The van der Waals surface area contributed by atoms with Gasteiger partial charge in [-0.05, 0) is 63.4 Å². The highest BCUT2D eigenvalue weighted by Crippen LogP contribution is 2.25. The van der Waals surface area contributed by atoms with Gasteiger partial charge in [0.1, 0.15) is 5.01 Å². The number of hydrogen-bond acceptors (Lipinski definition) is 5. The van der Waals surface area contributed by atoms with E-state index in [4.69, 9.17) is 11.5 Å². The van der Waals surface area contributed by atoms with Gasteiger partial charge in [0.05, 0.1) is 17.8 Å². The molecule has 0 fully saturated rings. The second kappa shape index (κ2) is 10.6. The molecule has 2 aromatic heterocycles. The van der Waals surface area contributed by atoms with Crippen LogP contribution in [0.3, 0.4) is 0 Å². The molecule has 0 spiro atoms. The molecule has 0 bridgehead atoms. The number of benzene rings is 2. The largest absolute Gasteiger partial charge is 0.478 e. The van der Waals surface area contributed by atoms with E-state index in [1.54, 1.807) is 23.5 Å². The molecule has 0 saturated heterocycles. The van der Waals surface area contributed by atoms with Crippen LogP contribution in [0.15, 0.2) is 47.8 Å². The smallest absolute Gasteiger partial charge is 0.337 e. The number of amides is 1. The summed E-state index contributed by atoms with van der Waals surface area (Å²) in [7, 11) is 0. The molecular formula is C27H30N4O3S. The maximum atomic E-state index is 11.2. The number of carbonyl (C=O) groups excluding carboxylic acids is 1. The lowest BCUT2D eigenvalue weighted by molar-refractivity contribution is 0.0695. The average Bonchev–Trinajstić information content (AvgIpc) is 3.39. The lowest BCUT2D eigenvalue weighted by atomic mass is 9.96. The van der Waals surface area contributed by atoms with E-state index < -0.39 is 11.9 Å². The maximum absolute atomic E-state index is 11.2. The van der Waals surface area contributed by atoms with Gasteiger partial charge >= 0.3 is 5.97 Å². The number of carboxylic acid groups (broad SMARTS) is 1. The van der Waals surface area contributed by atoms with Crippen LogP contribution >= 0.6 is 11.3 Å². The summed E-state index contributed by atoms with van der Waals surface area (Å²) in [6.45, 7) is 9.93. The first-order valence-corrected chi connectivity index (χ1v) is 11.9. The molecule has 35 heavy (non-hydrogen) atoms. The Morgan fingerprint density at radius 1 is 1.03 bits per heavy atom. The summed E-state index contributed by atoms with van der Waals surface area (Å²) in [5.74, 6) is -1.28. The van der Waals surface area contributed by atoms with Crippen molar-refractivity contribution in [2.24, 2.45) is 5.73 Å². The van der Waals surface area contributed by atoms with Gasteiger partial charge in [0.25, 0.3) is 0 Å². The zero-order valence-electron chi connectivity index (χ0n) is 20.5. The molecule has 0 atom stereocenters. The first-order chi connectivity index (χ1) is 16.5. The lowest BCUT2D eigenvalue weighted by Crippen LogP contribution is -2.15. The van der Waals surface area contributed by atoms with Gasteiger partial charge < -0.3 is 21.1 Å². The fourth-order valence-electron chi connectivity index (χ4n) is 4.01. The monoisotopic (exact) mass is 490 g/mol. The van der Waals surface area contributed by atoms with Gasteiger partial charge in [-0.15, -0.1) is 11.3 Å². The van der Waals surface area contributed by atoms with E-state index in [0.29, 0.717) is 23.4 Å². The number of thiazole rings is 1. The molecule has 2 aromatic carbocycles. The molecule has 5 N–H and O–H groups in total. The van der Waals surface area contributed by atoms with Gasteiger partial charge in [0.2, 0.25) is 5.91 Å². The van der Waals surface area contributed by atoms with Crippen molar-refractivity contribution in [2.45, 2.75) is 41.2 Å². The van der Waals surface area contributed by atoms with E-state index in [1.165, 1.54) is 0 Å². The Labute approximate surface area is 209 Å². The third kappa shape index (κ3) is 5.60. The molecule has 7 nitrogen and oxygen atoms in total. The molecular weight excluding hydrogens is 460 g/mol. The number of primary amides is 1. The highest BCUT2D eigenvalue weighted by atomic mass is 32.1. The Hall–Kier alpha value is -3.91. The molecule has 0 aliphatic rings. The van der Waals surface area contributed by atoms with Gasteiger partial charge in [0, 0.05) is 33.6 Å². The molecule has 0 unspecified atom stereocenters. The third-order valence-corrected chi connectivity index (χ3v) is 7.02. The predicted octanol–water partition coefficient (Wildman–Crippen LogP) is 5.27. The number of hydrogen-bond donors (Lipinski definition) is 3. The van der Waals surface area contributed by atoms with Crippen molar-refractivity contribution in [3.8, 4) is 10.6 Å². The number of aromatic carboxylic acids is 1. The summed E-state index contributed by atoms with van der Waals surface area (Å²) < 4.78 is 1.99. The zero-order valence-corrected chi connectivity index (χ0v) is 21.4. The predicted molar refractivity (Wildman–Crippen MR) is 141 cm³/mol. The van der Waals surface area contributed by atoms with Crippen LogP contribution in [0.5, 0.6) is 0 Å². The first-order valence-electron chi connectivity index (χ1n) is 11.1. The second-order valence-electron chi connectivity index (χ2n) is 8.46. The van der Waals surface area contributed by atoms with Crippen molar-refractivity contribution < 1.29 is 14.7 Å². The van der Waals surface area contributed by atoms with Crippen LogP contribution in [-0.2, 0) is 6.54 Å². The summed E-state index contributed by atoms with van der Waals surface area (Å²) in [6.07, 6.45) is 0. The van der Waals surface area contributed by atoms with Crippen molar-refractivity contribution in [3.05, 3.63) is 92.7 Å². The van der Waals surface area contributed by atoms with Crippen LogP contribution in [0.4, 0.5) is 5.69 Å². The number of nitrogens with zero attached hydrogens (tertiary/aromatic N) is 2. The first kappa shape index (κ1) is 25.7. The Balaban J connectivity index is 0.000000225. The molecule has 8 heteroatoms. The van der Waals surface area contributed by atoms with Crippen LogP contribution in [-0.4, -0.2) is 26.5 Å². The van der Waals surface area contributed by atoms with Gasteiger partial charge in [-0.1, -0.05) is 30.3 Å². The minimum atomic E-state index is -0.886. The zero-order chi connectivity index (χ0) is 25.9. The SMILES string of the molecule is Cc1cc(C(=O)O)c(C)n1Cc1csc(-c2ccccc2)n1.Cc1cc(N)c(C)c(C)c1C(N)=O. The van der Waals surface area contributed by atoms with Crippen molar-refractivity contribution in [1.82, 2.24) is 9.55 Å². The van der Waals surface area contributed by atoms with E-state index in [-0.39, 0.29) is 0 Å². The van der Waals surface area contributed by atoms with E-state index in [9.17, 15) is 14.7 Å². The molecule has 0 aliphatic heterocycles. The quantitative estimate of drug-likeness (QED) is 0.329. The Bertz CT molecular complexity index is 1390. The highest BCUT2D eigenvalue weighted by Gasteiger charge is 2.16. The topological polar surface area (TPSA) is 124 Å². The summed E-state index contributed by atoms with van der Waals surface area (Å²) in [6, 6.07) is 13.5. The molecule has 182 valence electrons. The molecule has 1 amide bonds. The van der Waals surface area contributed by atoms with E-state index >= 15 is 0 Å². The van der Waals surface area contributed by atoms with Gasteiger partial charge in [0.15, 0.2) is 0 Å². The Morgan fingerprint density at radius 3 is 2.26 bits per heavy atom. The van der Waals surface area contributed by atoms with Gasteiger partial charge in [-0.3, -0.25) is 4.79 Å². The molecule has 0 radical (unpaired) electrons. The average molecular weight is 491 g/mol. The van der Waals surface area contributed by atoms with Crippen molar-refractivity contribution in [1.29, 1.82) is 0 Å². The van der Waals surface area contributed by atoms with E-state index in [1.807, 2.05) is 74.9 Å². The Kier molecular flexibility index (Phi) is 7.76. The fraction of sp³-hybridized carbons (Fsp3) is 0.222. The maximum Gasteiger partial charge on any atom is 0.337 e. The summed E-state index contributed by atoms with van der Waals surface area (Å²) >= 11 is 1.61. The second-order valence-corrected chi connectivity index (χ2v) is 9.32. The molecule has 0 saturated carbocycles. The molecule has 0 aliphatic carbocycles. The minimum Gasteiger partial charge on any atom is -0.478 e. The van der Waals surface area contributed by atoms with Gasteiger partial charge in [-0.2, -0.15) is 0 Å². The number of nitrogen functional groups attached to an aromatic ring is 1. The normalized spacial score (nSPS) is 10.5. The van der Waals surface area contributed by atoms with Crippen molar-refractivity contribution >= 4 is 28.9 Å². The van der Waals surface area contributed by atoms with Crippen LogP contribution in [0.1, 0.15) is 54.5 Å². The highest BCUT2D eigenvalue weighted by molar-refractivity contribution is 7.13. The van der Waals surface area contributed by atoms with E-state index in [2.05, 4.69) is 4.98 Å². The van der Waals surface area contributed by atoms with Crippen LogP contribution in [0.25, 0.3) is 10.6 Å². The summed E-state index contributed by atoms with van der Waals surface area (Å²) in [5, 5.41) is 12.2. The number of carbonyl (C=O) groups is 2. The standard InChI is InChI=1S/C17H16N2O2S.C10H14N2O/c1-11-8-15(17(20)21)12(2)19(11)9-14-10-22-16(18-14)13-6-4-3-5-7-13;1-5-4-8(11)6(2)7(3)9(5)10(12)13/h3-8,10H,9H2,1-2H3,(H,20,21);4H,11H2,1-3H3,(H2,12,13). The van der Waals surface area contributed by atoms with E-state index in [0.717, 1.165) is 44.3 Å². The number of carboxylic acids is 1. The molecule has 4 rings (SSSR count). The molecule has 4 aromatic rings. The van der Waals surface area contributed by atoms with Crippen molar-refractivity contribution in [3.63, 3.8) is 0 Å². The summed E-state index contributed by atoms with van der Waals surface area (Å²) in [4.78, 5) is 27.0. The van der Waals surface area contributed by atoms with Crippen molar-refractivity contribution in [2.75, 3.05) is 5.73 Å². The number of rotatable bonds is 5. The van der Waals surface area contributed by atoms with Crippen LogP contribution in [0.2, 0.25) is 0 Å². The lowest BCUT2D eigenvalue weighted by Gasteiger charge is -2.11. The number of anilines is 1.